The van der Waals surface area contributed by atoms with Crippen LogP contribution >= 0.6 is 0 Å². The van der Waals surface area contributed by atoms with Gasteiger partial charge >= 0.3 is 6.18 Å². The Labute approximate surface area is 117 Å². The van der Waals surface area contributed by atoms with Crippen LogP contribution < -0.4 is 10.6 Å². The van der Waals surface area contributed by atoms with Gasteiger partial charge in [0.15, 0.2) is 0 Å². The fourth-order valence-electron chi connectivity index (χ4n) is 2.55. The number of carbonyl (C=O) groups is 1. The average Bonchev–Trinajstić information content (AvgIpc) is 2.41. The van der Waals surface area contributed by atoms with Crippen molar-refractivity contribution in [3.8, 4) is 0 Å². The lowest BCUT2D eigenvalue weighted by molar-refractivity contribution is -0.139. The van der Waals surface area contributed by atoms with E-state index in [9.17, 15) is 23.1 Å². The molecule has 0 radical (unpaired) electrons. The Morgan fingerprint density at radius 1 is 1.30 bits per heavy atom. The van der Waals surface area contributed by atoms with Crippen LogP contribution in [-0.2, 0) is 4.79 Å². The number of halogens is 3. The molecule has 0 aromatic heterocycles. The first-order chi connectivity index (χ1) is 9.33. The Bertz CT molecular complexity index is 310. The topological polar surface area (TPSA) is 61.4 Å². The van der Waals surface area contributed by atoms with Gasteiger partial charge in [-0.05, 0) is 38.1 Å². The lowest BCUT2D eigenvalue weighted by Crippen LogP contribution is -2.47. The number of hydrogen-bond donors (Lipinski definition) is 3. The molecular weight excluding hydrogens is 273 g/mol. The molecule has 1 aliphatic rings. The Balaban J connectivity index is 2.30. The predicted molar refractivity (Wildman–Crippen MR) is 69.1 cm³/mol. The van der Waals surface area contributed by atoms with Gasteiger partial charge in [0, 0.05) is 6.61 Å². The highest BCUT2D eigenvalue weighted by molar-refractivity contribution is 5.81. The van der Waals surface area contributed by atoms with Crippen LogP contribution in [0.1, 0.15) is 32.6 Å². The molecule has 0 aromatic rings. The van der Waals surface area contributed by atoms with Gasteiger partial charge in [0.1, 0.15) is 6.54 Å². The summed E-state index contributed by atoms with van der Waals surface area (Å²) in [5.41, 5.74) is 0. The zero-order valence-electron chi connectivity index (χ0n) is 11.7. The molecule has 0 saturated heterocycles. The Morgan fingerprint density at radius 3 is 2.45 bits per heavy atom. The van der Waals surface area contributed by atoms with Crippen molar-refractivity contribution in [2.45, 2.75) is 44.8 Å². The molecule has 3 unspecified atom stereocenters. The molecule has 1 fully saturated rings. The normalized spacial score (nSPS) is 25.2. The highest BCUT2D eigenvalue weighted by Gasteiger charge is 2.29. The van der Waals surface area contributed by atoms with Gasteiger partial charge in [-0.1, -0.05) is 12.8 Å². The predicted octanol–water partition coefficient (Wildman–Crippen LogP) is 1.44. The van der Waals surface area contributed by atoms with Crippen LogP contribution in [0.25, 0.3) is 0 Å². The van der Waals surface area contributed by atoms with Crippen LogP contribution in [0.5, 0.6) is 0 Å². The van der Waals surface area contributed by atoms with E-state index in [1.165, 1.54) is 0 Å². The van der Waals surface area contributed by atoms with Crippen molar-refractivity contribution in [3.63, 3.8) is 0 Å². The van der Waals surface area contributed by atoms with Gasteiger partial charge in [0.2, 0.25) is 5.91 Å². The fraction of sp³-hybridized carbons (Fsp3) is 0.923. The van der Waals surface area contributed by atoms with E-state index < -0.39 is 24.7 Å². The van der Waals surface area contributed by atoms with Gasteiger partial charge in [0.05, 0.1) is 6.04 Å². The minimum atomic E-state index is -4.39. The summed E-state index contributed by atoms with van der Waals surface area (Å²) >= 11 is 0. The van der Waals surface area contributed by atoms with Crippen molar-refractivity contribution >= 4 is 5.91 Å². The molecule has 1 aliphatic carbocycles. The number of nitrogens with one attached hydrogen (secondary N) is 2. The summed E-state index contributed by atoms with van der Waals surface area (Å²) in [7, 11) is 0. The van der Waals surface area contributed by atoms with Gasteiger partial charge < -0.3 is 15.7 Å². The number of aliphatic hydroxyl groups is 1. The summed E-state index contributed by atoms with van der Waals surface area (Å²) in [5, 5.41) is 14.1. The maximum absolute atomic E-state index is 12.0. The van der Waals surface area contributed by atoms with E-state index in [2.05, 4.69) is 5.32 Å². The fourth-order valence-corrected chi connectivity index (χ4v) is 2.55. The average molecular weight is 296 g/mol. The van der Waals surface area contributed by atoms with Crippen LogP contribution in [-0.4, -0.2) is 42.9 Å². The molecule has 3 N–H and O–H groups in total. The zero-order chi connectivity index (χ0) is 15.2. The first-order valence-electron chi connectivity index (χ1n) is 7.02. The van der Waals surface area contributed by atoms with Gasteiger partial charge in [-0.2, -0.15) is 13.2 Å². The molecule has 1 amide bonds. The van der Waals surface area contributed by atoms with E-state index in [0.29, 0.717) is 6.54 Å². The number of alkyl halides is 3. The smallest absolute Gasteiger partial charge is 0.396 e. The van der Waals surface area contributed by atoms with Crippen molar-refractivity contribution in [2.75, 3.05) is 19.7 Å². The summed E-state index contributed by atoms with van der Waals surface area (Å²) in [5.74, 6) is -0.146. The second-order valence-electron chi connectivity index (χ2n) is 5.45. The molecule has 1 rings (SSSR count). The molecule has 4 nitrogen and oxygen atoms in total. The van der Waals surface area contributed by atoms with Gasteiger partial charge in [0.25, 0.3) is 0 Å². The molecule has 1 saturated carbocycles. The Hall–Kier alpha value is -0.820. The first kappa shape index (κ1) is 17.2. The molecule has 0 spiro atoms. The van der Waals surface area contributed by atoms with E-state index >= 15 is 0 Å². The van der Waals surface area contributed by atoms with E-state index in [4.69, 9.17) is 0 Å². The number of aliphatic hydroxyl groups excluding tert-OH is 1. The zero-order valence-corrected chi connectivity index (χ0v) is 11.7. The van der Waals surface area contributed by atoms with E-state index in [-0.39, 0.29) is 18.4 Å². The van der Waals surface area contributed by atoms with E-state index in [0.717, 1.165) is 25.7 Å². The third kappa shape index (κ3) is 6.09. The third-order valence-corrected chi connectivity index (χ3v) is 3.84. The summed E-state index contributed by atoms with van der Waals surface area (Å²) < 4.78 is 36.0. The van der Waals surface area contributed by atoms with Crippen LogP contribution in [0.2, 0.25) is 0 Å². The third-order valence-electron chi connectivity index (χ3n) is 3.84. The Kier molecular flexibility index (Phi) is 6.75. The van der Waals surface area contributed by atoms with Crippen molar-refractivity contribution in [3.05, 3.63) is 0 Å². The Morgan fingerprint density at radius 2 is 1.90 bits per heavy atom. The molecule has 118 valence electrons. The second-order valence-corrected chi connectivity index (χ2v) is 5.45. The van der Waals surface area contributed by atoms with Crippen molar-refractivity contribution < 1.29 is 23.1 Å². The summed E-state index contributed by atoms with van der Waals surface area (Å²) in [6.45, 7) is 0.913. The van der Waals surface area contributed by atoms with Crippen LogP contribution in [0.15, 0.2) is 0 Å². The number of amides is 1. The lowest BCUT2D eigenvalue weighted by Gasteiger charge is -2.31. The quantitative estimate of drug-likeness (QED) is 0.695. The first-order valence-corrected chi connectivity index (χ1v) is 7.02. The molecule has 3 atom stereocenters. The molecule has 20 heavy (non-hydrogen) atoms. The standard InChI is InChI=1S/C13H23F3N2O2/c1-9(12(20)18-8-13(14,15)16)17-6-10-4-2-3-5-11(10)7-19/h9-11,17,19H,2-8H2,1H3,(H,18,20). The highest BCUT2D eigenvalue weighted by Crippen LogP contribution is 2.29. The van der Waals surface area contributed by atoms with Gasteiger partial charge in [-0.25, -0.2) is 0 Å². The minimum Gasteiger partial charge on any atom is -0.396 e. The molecular formula is C13H23F3N2O2. The second kappa shape index (κ2) is 7.83. The molecule has 0 aromatic carbocycles. The summed E-state index contributed by atoms with van der Waals surface area (Å²) in [6, 6.07) is -0.668. The van der Waals surface area contributed by atoms with Gasteiger partial charge in [-0.3, -0.25) is 4.79 Å². The number of rotatable bonds is 6. The summed E-state index contributed by atoms with van der Waals surface area (Å²) in [4.78, 5) is 11.5. The lowest BCUT2D eigenvalue weighted by atomic mass is 9.79. The summed E-state index contributed by atoms with van der Waals surface area (Å²) in [6.07, 6.45) is -0.242. The molecule has 0 bridgehead atoms. The molecule has 0 heterocycles. The van der Waals surface area contributed by atoms with Crippen LogP contribution in [0, 0.1) is 11.8 Å². The highest BCUT2D eigenvalue weighted by atomic mass is 19.4. The van der Waals surface area contributed by atoms with Crippen molar-refractivity contribution in [2.24, 2.45) is 11.8 Å². The molecule has 7 heteroatoms. The SMILES string of the molecule is CC(NCC1CCCCC1CO)C(=O)NCC(F)(F)F. The van der Waals surface area contributed by atoms with Gasteiger partial charge in [-0.15, -0.1) is 0 Å². The van der Waals surface area contributed by atoms with Crippen LogP contribution in [0.4, 0.5) is 13.2 Å². The van der Waals surface area contributed by atoms with E-state index in [1.54, 1.807) is 6.92 Å². The van der Waals surface area contributed by atoms with Crippen molar-refractivity contribution in [1.82, 2.24) is 10.6 Å². The molecule has 0 aliphatic heterocycles. The number of hydrogen-bond acceptors (Lipinski definition) is 3. The van der Waals surface area contributed by atoms with Crippen molar-refractivity contribution in [1.29, 1.82) is 0 Å². The minimum absolute atomic E-state index is 0.126. The largest absolute Gasteiger partial charge is 0.405 e. The maximum atomic E-state index is 12.0. The van der Waals surface area contributed by atoms with E-state index in [1.807, 2.05) is 5.32 Å². The van der Waals surface area contributed by atoms with Crippen LogP contribution in [0.3, 0.4) is 0 Å². The monoisotopic (exact) mass is 296 g/mol. The number of carbonyl (C=O) groups excluding carboxylic acids is 1. The maximum Gasteiger partial charge on any atom is 0.405 e.